The van der Waals surface area contributed by atoms with Crippen molar-refractivity contribution >= 4 is 23.2 Å². The summed E-state index contributed by atoms with van der Waals surface area (Å²) in [5.41, 5.74) is 4.03. The molecule has 0 spiro atoms. The molecule has 10 nitrogen and oxygen atoms in total. The topological polar surface area (TPSA) is 124 Å². The monoisotopic (exact) mass is 575 g/mol. The summed E-state index contributed by atoms with van der Waals surface area (Å²) in [5, 5.41) is 9.05. The molecule has 1 aliphatic carbocycles. The van der Waals surface area contributed by atoms with Crippen LogP contribution in [0.1, 0.15) is 43.4 Å². The van der Waals surface area contributed by atoms with Gasteiger partial charge in [0.15, 0.2) is 11.5 Å². The van der Waals surface area contributed by atoms with Crippen LogP contribution in [0.4, 0.5) is 11.4 Å². The Hall–Kier alpha value is -4.73. The van der Waals surface area contributed by atoms with Crippen LogP contribution in [0, 0.1) is 0 Å². The average Bonchev–Trinajstić information content (AvgIpc) is 3.23. The van der Waals surface area contributed by atoms with Gasteiger partial charge in [-0.2, -0.15) is 0 Å². The second-order valence-electron chi connectivity index (χ2n) is 9.90. The van der Waals surface area contributed by atoms with Crippen molar-refractivity contribution in [2.45, 2.75) is 38.6 Å². The average molecular weight is 576 g/mol. The summed E-state index contributed by atoms with van der Waals surface area (Å²) in [6, 6.07) is 13.8. The fraction of sp³-hybridized carbons (Fsp3) is 0.344. The molecule has 0 heterocycles. The van der Waals surface area contributed by atoms with E-state index < -0.39 is 0 Å². The number of fused-ring (bicyclic) bond motifs is 3. The van der Waals surface area contributed by atoms with Gasteiger partial charge in [0.05, 0.1) is 40.2 Å². The zero-order chi connectivity index (χ0) is 30.2. The SMILES string of the molecule is COc1ccc(NC(=O)CCCNc2ccc3c(cc2=O)C(NC(C)=O)CCc2cc(OC)c(OC)c(OC)c2-3)cc1. The van der Waals surface area contributed by atoms with E-state index in [0.29, 0.717) is 65.7 Å². The smallest absolute Gasteiger partial charge is 0.224 e. The quantitative estimate of drug-likeness (QED) is 0.281. The maximum absolute atomic E-state index is 13.4. The number of nitrogens with one attached hydrogen (secondary N) is 3. The lowest BCUT2D eigenvalue weighted by molar-refractivity contribution is -0.119. The first kappa shape index (κ1) is 30.2. The summed E-state index contributed by atoms with van der Waals surface area (Å²) in [5.74, 6) is 1.87. The summed E-state index contributed by atoms with van der Waals surface area (Å²) in [7, 11) is 6.26. The number of methoxy groups -OCH3 is 4. The fourth-order valence-electron chi connectivity index (χ4n) is 5.22. The molecule has 42 heavy (non-hydrogen) atoms. The van der Waals surface area contributed by atoms with Crippen LogP contribution in [0.3, 0.4) is 0 Å². The Morgan fingerprint density at radius 2 is 1.64 bits per heavy atom. The lowest BCUT2D eigenvalue weighted by atomic mass is 9.95. The number of aryl methyl sites for hydroxylation is 1. The first-order chi connectivity index (χ1) is 20.3. The van der Waals surface area contributed by atoms with Crippen LogP contribution in [-0.4, -0.2) is 46.8 Å². The van der Waals surface area contributed by atoms with Crippen molar-refractivity contribution in [3.8, 4) is 34.1 Å². The lowest BCUT2D eigenvalue weighted by Crippen LogP contribution is -2.26. The van der Waals surface area contributed by atoms with Crippen molar-refractivity contribution in [2.75, 3.05) is 45.6 Å². The van der Waals surface area contributed by atoms with E-state index in [0.717, 1.165) is 16.7 Å². The van der Waals surface area contributed by atoms with Gasteiger partial charge in [0.1, 0.15) is 5.75 Å². The van der Waals surface area contributed by atoms with Gasteiger partial charge in [0, 0.05) is 31.1 Å². The molecule has 10 heteroatoms. The minimum Gasteiger partial charge on any atom is -0.497 e. The Balaban J connectivity index is 1.60. The molecule has 0 radical (unpaired) electrons. The Bertz CT molecular complexity index is 1510. The van der Waals surface area contributed by atoms with E-state index in [1.165, 1.54) is 6.92 Å². The molecule has 0 saturated carbocycles. The maximum atomic E-state index is 13.4. The summed E-state index contributed by atoms with van der Waals surface area (Å²) < 4.78 is 22.2. The van der Waals surface area contributed by atoms with Crippen LogP contribution in [0.5, 0.6) is 23.0 Å². The lowest BCUT2D eigenvalue weighted by Gasteiger charge is -2.19. The highest BCUT2D eigenvalue weighted by Gasteiger charge is 2.29. The number of amides is 2. The molecule has 222 valence electrons. The molecule has 0 bridgehead atoms. The van der Waals surface area contributed by atoms with Crippen LogP contribution >= 0.6 is 0 Å². The molecule has 1 unspecified atom stereocenters. The van der Waals surface area contributed by atoms with E-state index in [1.807, 2.05) is 12.1 Å². The minimum absolute atomic E-state index is 0.124. The van der Waals surface area contributed by atoms with Crippen molar-refractivity contribution < 1.29 is 28.5 Å². The number of hydrogen-bond acceptors (Lipinski definition) is 8. The standard InChI is InChI=1S/C32H37N3O7/c1-19(36)34-25-14-8-20-17-28(40-3)31(41-4)32(42-5)30(20)23-13-15-26(27(37)18-24(23)25)33-16-6-7-29(38)35-21-9-11-22(39-2)12-10-21/h9-13,15,17-18,25H,6-8,14,16H2,1-5H3,(H,33,37)(H,34,36)(H,35,38). The number of ether oxygens (including phenoxy) is 4. The molecule has 0 saturated heterocycles. The molecular weight excluding hydrogens is 538 g/mol. The number of hydrogen-bond donors (Lipinski definition) is 3. The van der Waals surface area contributed by atoms with E-state index >= 15 is 0 Å². The van der Waals surface area contributed by atoms with Crippen molar-refractivity contribution in [2.24, 2.45) is 0 Å². The molecule has 1 atom stereocenters. The van der Waals surface area contributed by atoms with Gasteiger partial charge < -0.3 is 34.9 Å². The summed E-state index contributed by atoms with van der Waals surface area (Å²) in [6.45, 7) is 1.88. The van der Waals surface area contributed by atoms with Gasteiger partial charge in [-0.25, -0.2) is 0 Å². The molecular formula is C32H37N3O7. The molecule has 1 aliphatic rings. The Kier molecular flexibility index (Phi) is 9.90. The highest BCUT2D eigenvalue weighted by molar-refractivity contribution is 5.90. The van der Waals surface area contributed by atoms with Crippen LogP contribution in [-0.2, 0) is 16.0 Å². The molecule has 2 amide bonds. The van der Waals surface area contributed by atoms with E-state index in [2.05, 4.69) is 16.0 Å². The molecule has 0 fully saturated rings. The number of rotatable bonds is 11. The van der Waals surface area contributed by atoms with Gasteiger partial charge in [-0.05, 0) is 78.4 Å². The predicted octanol–water partition coefficient (Wildman–Crippen LogP) is 4.70. The van der Waals surface area contributed by atoms with Crippen molar-refractivity contribution in [1.29, 1.82) is 0 Å². The van der Waals surface area contributed by atoms with Crippen molar-refractivity contribution in [3.05, 3.63) is 69.9 Å². The Morgan fingerprint density at radius 1 is 0.905 bits per heavy atom. The number of anilines is 2. The third-order valence-electron chi connectivity index (χ3n) is 7.19. The largest absolute Gasteiger partial charge is 0.497 e. The van der Waals surface area contributed by atoms with E-state index in [9.17, 15) is 14.4 Å². The van der Waals surface area contributed by atoms with Crippen molar-refractivity contribution in [1.82, 2.24) is 5.32 Å². The molecule has 4 rings (SSSR count). The second kappa shape index (κ2) is 13.8. The predicted molar refractivity (Wildman–Crippen MR) is 162 cm³/mol. The summed E-state index contributed by atoms with van der Waals surface area (Å²) in [6.07, 6.45) is 1.99. The normalized spacial score (nSPS) is 13.5. The zero-order valence-electron chi connectivity index (χ0n) is 24.6. The highest BCUT2D eigenvalue weighted by atomic mass is 16.5. The van der Waals surface area contributed by atoms with Crippen molar-refractivity contribution in [3.63, 3.8) is 0 Å². The first-order valence-electron chi connectivity index (χ1n) is 13.7. The van der Waals surface area contributed by atoms with E-state index in [-0.39, 0.29) is 29.7 Å². The molecule has 3 N–H and O–H groups in total. The van der Waals surface area contributed by atoms with Crippen LogP contribution in [0.25, 0.3) is 11.1 Å². The van der Waals surface area contributed by atoms with Gasteiger partial charge in [-0.15, -0.1) is 0 Å². The number of benzene rings is 2. The molecule has 3 aromatic carbocycles. The van der Waals surface area contributed by atoms with Gasteiger partial charge >= 0.3 is 0 Å². The van der Waals surface area contributed by atoms with Crippen LogP contribution in [0.2, 0.25) is 0 Å². The molecule has 0 aromatic heterocycles. The number of carbonyl (C=O) groups excluding carboxylic acids is 2. The van der Waals surface area contributed by atoms with E-state index in [4.69, 9.17) is 18.9 Å². The summed E-state index contributed by atoms with van der Waals surface area (Å²) >= 11 is 0. The highest BCUT2D eigenvalue weighted by Crippen LogP contribution is 2.50. The maximum Gasteiger partial charge on any atom is 0.224 e. The van der Waals surface area contributed by atoms with Gasteiger partial charge in [-0.1, -0.05) is 6.07 Å². The Morgan fingerprint density at radius 3 is 2.29 bits per heavy atom. The fourth-order valence-corrected chi connectivity index (χ4v) is 5.22. The third-order valence-corrected chi connectivity index (χ3v) is 7.19. The Labute approximate surface area is 245 Å². The zero-order valence-corrected chi connectivity index (χ0v) is 24.6. The van der Waals surface area contributed by atoms with Crippen LogP contribution in [0.15, 0.2) is 53.3 Å². The van der Waals surface area contributed by atoms with E-state index in [1.54, 1.807) is 64.8 Å². The molecule has 0 aliphatic heterocycles. The van der Waals surface area contributed by atoms with Gasteiger partial charge in [-0.3, -0.25) is 14.4 Å². The molecule has 3 aromatic rings. The van der Waals surface area contributed by atoms with Gasteiger partial charge in [0.2, 0.25) is 23.0 Å². The first-order valence-corrected chi connectivity index (χ1v) is 13.7. The summed E-state index contributed by atoms with van der Waals surface area (Å²) in [4.78, 5) is 37.9. The van der Waals surface area contributed by atoms with Gasteiger partial charge in [0.25, 0.3) is 0 Å². The number of carbonyl (C=O) groups is 2. The second-order valence-corrected chi connectivity index (χ2v) is 9.90. The minimum atomic E-state index is -0.388. The third kappa shape index (κ3) is 6.76. The van der Waals surface area contributed by atoms with Crippen LogP contribution < -0.4 is 40.3 Å².